The maximum Gasteiger partial charge on any atom is 0.278 e. The lowest BCUT2D eigenvalue weighted by molar-refractivity contribution is 0.0743. The molecule has 0 saturated heterocycles. The van der Waals surface area contributed by atoms with Crippen LogP contribution in [0.25, 0.3) is 10.9 Å². The molecule has 3 rings (SSSR count). The van der Waals surface area contributed by atoms with E-state index in [0.717, 1.165) is 5.56 Å². The Morgan fingerprint density at radius 2 is 1.75 bits per heavy atom. The van der Waals surface area contributed by atoms with Gasteiger partial charge in [-0.25, -0.2) is 0 Å². The molecule has 1 aromatic heterocycles. The van der Waals surface area contributed by atoms with Crippen LogP contribution in [0.2, 0.25) is 0 Å². The van der Waals surface area contributed by atoms with Crippen LogP contribution in [0.4, 0.5) is 0 Å². The van der Waals surface area contributed by atoms with Crippen molar-refractivity contribution in [3.8, 4) is 0 Å². The van der Waals surface area contributed by atoms with Crippen molar-refractivity contribution in [1.29, 1.82) is 0 Å². The monoisotopic (exact) mass is 321 g/mol. The van der Waals surface area contributed by atoms with Crippen LogP contribution in [0.15, 0.2) is 59.4 Å². The Kier molecular flexibility index (Phi) is 4.42. The number of para-hydroxylation sites is 1. The van der Waals surface area contributed by atoms with E-state index in [1.807, 2.05) is 49.4 Å². The Balaban J connectivity index is 2.01. The number of rotatable bonds is 4. The Morgan fingerprint density at radius 3 is 2.46 bits per heavy atom. The second kappa shape index (κ2) is 6.66. The minimum atomic E-state index is -0.340. The lowest BCUT2D eigenvalue weighted by atomic mass is 10.1. The van der Waals surface area contributed by atoms with Crippen LogP contribution < -0.4 is 5.43 Å². The van der Waals surface area contributed by atoms with Crippen LogP contribution in [-0.4, -0.2) is 27.1 Å². The summed E-state index contributed by atoms with van der Waals surface area (Å²) in [6, 6.07) is 16.9. The van der Waals surface area contributed by atoms with Crippen LogP contribution >= 0.6 is 0 Å². The molecule has 0 atom stereocenters. The van der Waals surface area contributed by atoms with E-state index in [9.17, 15) is 9.59 Å². The van der Waals surface area contributed by atoms with E-state index in [1.165, 1.54) is 0 Å². The van der Waals surface area contributed by atoms with Crippen LogP contribution in [0.1, 0.15) is 23.0 Å². The van der Waals surface area contributed by atoms with Gasteiger partial charge in [-0.2, -0.15) is 5.10 Å². The first-order chi connectivity index (χ1) is 11.6. The Labute approximate surface area is 140 Å². The Hall–Kier alpha value is -2.95. The Bertz CT molecular complexity index is 932. The van der Waals surface area contributed by atoms with E-state index < -0.39 is 0 Å². The zero-order valence-corrected chi connectivity index (χ0v) is 13.8. The molecule has 1 amide bonds. The molecule has 5 heteroatoms. The van der Waals surface area contributed by atoms with E-state index in [0.29, 0.717) is 24.0 Å². The van der Waals surface area contributed by atoms with Crippen LogP contribution in [-0.2, 0) is 13.6 Å². The molecule has 0 fully saturated rings. The van der Waals surface area contributed by atoms with Gasteiger partial charge >= 0.3 is 0 Å². The third kappa shape index (κ3) is 2.93. The van der Waals surface area contributed by atoms with Gasteiger partial charge in [-0.3, -0.25) is 14.3 Å². The molecule has 24 heavy (non-hydrogen) atoms. The summed E-state index contributed by atoms with van der Waals surface area (Å²) in [5, 5.41) is 4.73. The van der Waals surface area contributed by atoms with Gasteiger partial charge in [0.15, 0.2) is 5.69 Å². The lowest BCUT2D eigenvalue weighted by Gasteiger charge is -2.20. The third-order valence-corrected chi connectivity index (χ3v) is 4.05. The zero-order valence-electron chi connectivity index (χ0n) is 13.8. The van der Waals surface area contributed by atoms with E-state index in [4.69, 9.17) is 0 Å². The number of hydrogen-bond acceptors (Lipinski definition) is 3. The fourth-order valence-corrected chi connectivity index (χ4v) is 2.75. The van der Waals surface area contributed by atoms with Crippen LogP contribution in [0, 0.1) is 0 Å². The quantitative estimate of drug-likeness (QED) is 0.742. The Morgan fingerprint density at radius 1 is 1.08 bits per heavy atom. The van der Waals surface area contributed by atoms with Crippen molar-refractivity contribution in [3.05, 3.63) is 76.1 Å². The first-order valence-corrected chi connectivity index (χ1v) is 7.91. The van der Waals surface area contributed by atoms with Crippen molar-refractivity contribution in [1.82, 2.24) is 14.7 Å². The van der Waals surface area contributed by atoms with E-state index in [2.05, 4.69) is 5.10 Å². The molecule has 0 N–H and O–H groups in total. The predicted octanol–water partition coefficient (Wildman–Crippen LogP) is 2.60. The van der Waals surface area contributed by atoms with Crippen molar-refractivity contribution in [3.63, 3.8) is 0 Å². The summed E-state index contributed by atoms with van der Waals surface area (Å²) in [6.07, 6.45) is 0. The number of nitrogens with zero attached hydrogens (tertiary/aromatic N) is 3. The number of aryl methyl sites for hydroxylation is 1. The average Bonchev–Trinajstić information content (AvgIpc) is 2.63. The average molecular weight is 321 g/mol. The number of carbonyl (C=O) groups excluding carboxylic acids is 1. The predicted molar refractivity (Wildman–Crippen MR) is 93.8 cm³/mol. The molecule has 0 bridgehead atoms. The second-order valence-corrected chi connectivity index (χ2v) is 5.62. The van der Waals surface area contributed by atoms with E-state index in [-0.39, 0.29) is 17.0 Å². The molecular formula is C19H19N3O2. The molecule has 0 aliphatic rings. The SMILES string of the molecule is CCN(Cc1ccccc1)C(=O)c1nn(C)c2ccccc2c1=O. The molecule has 0 spiro atoms. The molecule has 0 saturated carbocycles. The molecule has 0 aliphatic carbocycles. The lowest BCUT2D eigenvalue weighted by Crippen LogP contribution is -2.35. The number of amides is 1. The molecular weight excluding hydrogens is 302 g/mol. The largest absolute Gasteiger partial charge is 0.333 e. The van der Waals surface area contributed by atoms with Crippen molar-refractivity contribution in [2.45, 2.75) is 13.5 Å². The highest BCUT2D eigenvalue weighted by Gasteiger charge is 2.21. The number of hydrogen-bond donors (Lipinski definition) is 0. The summed E-state index contributed by atoms with van der Waals surface area (Å²) in [7, 11) is 1.74. The van der Waals surface area contributed by atoms with Crippen molar-refractivity contribution >= 4 is 16.8 Å². The first-order valence-electron chi connectivity index (χ1n) is 7.91. The summed E-state index contributed by atoms with van der Waals surface area (Å²) in [4.78, 5) is 27.2. The highest BCUT2D eigenvalue weighted by atomic mass is 16.2. The van der Waals surface area contributed by atoms with Gasteiger partial charge in [0.05, 0.1) is 5.52 Å². The van der Waals surface area contributed by atoms with E-state index >= 15 is 0 Å². The summed E-state index contributed by atoms with van der Waals surface area (Å²) >= 11 is 0. The summed E-state index contributed by atoms with van der Waals surface area (Å²) < 4.78 is 1.58. The standard InChI is InChI=1S/C19H19N3O2/c1-3-22(13-14-9-5-4-6-10-14)19(24)17-18(23)15-11-7-8-12-16(15)21(2)20-17/h4-12H,3,13H2,1-2H3. The van der Waals surface area contributed by atoms with Gasteiger partial charge in [0, 0.05) is 25.5 Å². The fraction of sp³-hybridized carbons (Fsp3) is 0.211. The number of aromatic nitrogens is 2. The molecule has 3 aromatic rings. The summed E-state index contributed by atoms with van der Waals surface area (Å²) in [6.45, 7) is 2.85. The maximum absolute atomic E-state index is 12.8. The maximum atomic E-state index is 12.8. The van der Waals surface area contributed by atoms with Crippen molar-refractivity contribution in [2.75, 3.05) is 6.54 Å². The van der Waals surface area contributed by atoms with Gasteiger partial charge in [0.25, 0.3) is 5.91 Å². The molecule has 2 aromatic carbocycles. The smallest absolute Gasteiger partial charge is 0.278 e. The topological polar surface area (TPSA) is 55.2 Å². The van der Waals surface area contributed by atoms with Crippen molar-refractivity contribution in [2.24, 2.45) is 7.05 Å². The zero-order chi connectivity index (χ0) is 17.1. The van der Waals surface area contributed by atoms with Gasteiger partial charge in [0.1, 0.15) is 0 Å². The van der Waals surface area contributed by atoms with Gasteiger partial charge in [-0.15, -0.1) is 0 Å². The molecule has 5 nitrogen and oxygen atoms in total. The number of fused-ring (bicyclic) bond motifs is 1. The molecule has 122 valence electrons. The molecule has 0 aliphatic heterocycles. The van der Waals surface area contributed by atoms with Gasteiger partial charge in [-0.05, 0) is 24.6 Å². The fourth-order valence-electron chi connectivity index (χ4n) is 2.75. The summed E-state index contributed by atoms with van der Waals surface area (Å²) in [5.41, 5.74) is 1.38. The molecule has 0 unspecified atom stereocenters. The van der Waals surface area contributed by atoms with Crippen LogP contribution in [0.3, 0.4) is 0 Å². The highest BCUT2D eigenvalue weighted by Crippen LogP contribution is 2.11. The molecule has 1 heterocycles. The van der Waals surface area contributed by atoms with Gasteiger partial charge < -0.3 is 4.90 Å². The minimum absolute atomic E-state index is 0.0334. The minimum Gasteiger partial charge on any atom is -0.333 e. The number of benzene rings is 2. The normalized spacial score (nSPS) is 10.8. The number of carbonyl (C=O) groups is 1. The van der Waals surface area contributed by atoms with Crippen LogP contribution in [0.5, 0.6) is 0 Å². The highest BCUT2D eigenvalue weighted by molar-refractivity contribution is 5.95. The first kappa shape index (κ1) is 15.9. The van der Waals surface area contributed by atoms with E-state index in [1.54, 1.807) is 28.8 Å². The summed E-state index contributed by atoms with van der Waals surface area (Å²) in [5.74, 6) is -0.340. The van der Waals surface area contributed by atoms with Crippen molar-refractivity contribution < 1.29 is 4.79 Å². The third-order valence-electron chi connectivity index (χ3n) is 4.05. The van der Waals surface area contributed by atoms with Gasteiger partial charge in [0.2, 0.25) is 5.43 Å². The molecule has 0 radical (unpaired) electrons. The van der Waals surface area contributed by atoms with Gasteiger partial charge in [-0.1, -0.05) is 42.5 Å². The second-order valence-electron chi connectivity index (χ2n) is 5.62.